The average molecular weight is 360 g/mol. The molecule has 0 aliphatic rings. The molecule has 0 atom stereocenters. The Morgan fingerprint density at radius 2 is 1.96 bits per heavy atom. The number of carbonyl (C=O) groups excluding carboxylic acids is 1. The molecule has 0 fully saturated rings. The molecule has 1 amide bonds. The Balaban J connectivity index is 2.09. The summed E-state index contributed by atoms with van der Waals surface area (Å²) in [7, 11) is -2.10. The van der Waals surface area contributed by atoms with E-state index >= 15 is 0 Å². The first-order chi connectivity index (χ1) is 12.0. The molecule has 0 radical (unpaired) electrons. The van der Waals surface area contributed by atoms with E-state index < -0.39 is 10.0 Å². The van der Waals surface area contributed by atoms with Gasteiger partial charge in [-0.1, -0.05) is 24.3 Å². The Labute approximate surface area is 147 Å². The van der Waals surface area contributed by atoms with E-state index in [1.807, 2.05) is 24.3 Å². The largest absolute Gasteiger partial charge is 0.497 e. The molecular formula is C18H20N2O4S. The summed E-state index contributed by atoms with van der Waals surface area (Å²) >= 11 is 0. The van der Waals surface area contributed by atoms with Crippen molar-refractivity contribution in [1.82, 2.24) is 10.0 Å². The number of sulfonamides is 1. The van der Waals surface area contributed by atoms with Gasteiger partial charge in [0.1, 0.15) is 5.75 Å². The summed E-state index contributed by atoms with van der Waals surface area (Å²) in [5, 5.41) is 2.76. The highest BCUT2D eigenvalue weighted by Gasteiger charge is 2.15. The van der Waals surface area contributed by atoms with Crippen LogP contribution >= 0.6 is 0 Å². The SMILES string of the molecule is C=CCNS(=O)(=O)c1cccc(C(=O)NCc2cccc(OC)c2)c1. The third kappa shape index (κ3) is 5.17. The first-order valence-corrected chi connectivity index (χ1v) is 9.06. The van der Waals surface area contributed by atoms with E-state index in [0.717, 1.165) is 5.56 Å². The Morgan fingerprint density at radius 3 is 2.68 bits per heavy atom. The minimum absolute atomic E-state index is 0.0309. The number of nitrogens with one attached hydrogen (secondary N) is 2. The second-order valence-corrected chi connectivity index (χ2v) is 6.97. The van der Waals surface area contributed by atoms with E-state index in [1.165, 1.54) is 24.3 Å². The summed E-state index contributed by atoms with van der Waals surface area (Å²) in [6.45, 7) is 3.90. The molecule has 0 unspecified atom stereocenters. The predicted molar refractivity (Wildman–Crippen MR) is 96.0 cm³/mol. The smallest absolute Gasteiger partial charge is 0.251 e. The Morgan fingerprint density at radius 1 is 1.20 bits per heavy atom. The van der Waals surface area contributed by atoms with Gasteiger partial charge in [-0.05, 0) is 35.9 Å². The van der Waals surface area contributed by atoms with Crippen LogP contribution in [-0.4, -0.2) is 28.0 Å². The standard InChI is InChI=1S/C18H20N2O4S/c1-3-10-20-25(22,23)17-9-5-7-15(12-17)18(21)19-13-14-6-4-8-16(11-14)24-2/h3-9,11-12,20H,1,10,13H2,2H3,(H,19,21). The first kappa shape index (κ1) is 18.7. The highest BCUT2D eigenvalue weighted by molar-refractivity contribution is 7.89. The van der Waals surface area contributed by atoms with Crippen molar-refractivity contribution in [1.29, 1.82) is 0 Å². The second kappa shape index (κ2) is 8.46. The lowest BCUT2D eigenvalue weighted by Crippen LogP contribution is -2.25. The van der Waals surface area contributed by atoms with Crippen LogP contribution in [0.2, 0.25) is 0 Å². The molecule has 0 aromatic heterocycles. The van der Waals surface area contributed by atoms with Crippen molar-refractivity contribution in [2.75, 3.05) is 13.7 Å². The van der Waals surface area contributed by atoms with E-state index in [2.05, 4.69) is 16.6 Å². The van der Waals surface area contributed by atoms with Crippen molar-refractivity contribution in [3.63, 3.8) is 0 Å². The number of hydrogen-bond acceptors (Lipinski definition) is 4. The summed E-state index contributed by atoms with van der Waals surface area (Å²) in [6.07, 6.45) is 1.45. The van der Waals surface area contributed by atoms with Crippen molar-refractivity contribution >= 4 is 15.9 Å². The molecule has 2 aromatic rings. The summed E-state index contributed by atoms with van der Waals surface area (Å²) < 4.78 is 31.7. The maximum atomic E-state index is 12.3. The van der Waals surface area contributed by atoms with Gasteiger partial charge in [-0.3, -0.25) is 4.79 Å². The maximum Gasteiger partial charge on any atom is 0.251 e. The number of amides is 1. The average Bonchev–Trinajstić information content (AvgIpc) is 2.64. The molecule has 0 heterocycles. The minimum Gasteiger partial charge on any atom is -0.497 e. The van der Waals surface area contributed by atoms with Gasteiger partial charge in [-0.15, -0.1) is 6.58 Å². The second-order valence-electron chi connectivity index (χ2n) is 5.20. The first-order valence-electron chi connectivity index (χ1n) is 7.58. The van der Waals surface area contributed by atoms with Gasteiger partial charge < -0.3 is 10.1 Å². The molecule has 2 rings (SSSR count). The zero-order valence-corrected chi connectivity index (χ0v) is 14.7. The fraction of sp³-hybridized carbons (Fsp3) is 0.167. The number of benzene rings is 2. The van der Waals surface area contributed by atoms with Gasteiger partial charge in [-0.25, -0.2) is 13.1 Å². The van der Waals surface area contributed by atoms with Gasteiger partial charge in [0.05, 0.1) is 12.0 Å². The number of ether oxygens (including phenoxy) is 1. The molecule has 25 heavy (non-hydrogen) atoms. The Hall–Kier alpha value is -2.64. The minimum atomic E-state index is -3.67. The van der Waals surface area contributed by atoms with Gasteiger partial charge in [0.15, 0.2) is 0 Å². The van der Waals surface area contributed by atoms with E-state index in [1.54, 1.807) is 13.2 Å². The molecule has 132 valence electrons. The number of carbonyl (C=O) groups is 1. The molecule has 0 spiro atoms. The fourth-order valence-electron chi connectivity index (χ4n) is 2.12. The monoisotopic (exact) mass is 360 g/mol. The molecule has 0 saturated carbocycles. The fourth-order valence-corrected chi connectivity index (χ4v) is 3.17. The highest BCUT2D eigenvalue weighted by Crippen LogP contribution is 2.14. The van der Waals surface area contributed by atoms with Gasteiger partial charge in [-0.2, -0.15) is 0 Å². The van der Waals surface area contributed by atoms with Crippen LogP contribution in [0.15, 0.2) is 66.1 Å². The topological polar surface area (TPSA) is 84.5 Å². The third-order valence-electron chi connectivity index (χ3n) is 3.41. The van der Waals surface area contributed by atoms with Crippen molar-refractivity contribution in [2.24, 2.45) is 0 Å². The van der Waals surface area contributed by atoms with Crippen molar-refractivity contribution < 1.29 is 17.9 Å². The van der Waals surface area contributed by atoms with Crippen LogP contribution in [-0.2, 0) is 16.6 Å². The van der Waals surface area contributed by atoms with E-state index in [9.17, 15) is 13.2 Å². The summed E-state index contributed by atoms with van der Waals surface area (Å²) in [5.41, 5.74) is 1.15. The third-order valence-corrected chi connectivity index (χ3v) is 4.83. The van der Waals surface area contributed by atoms with Crippen molar-refractivity contribution in [3.8, 4) is 5.75 Å². The highest BCUT2D eigenvalue weighted by atomic mass is 32.2. The lowest BCUT2D eigenvalue weighted by molar-refractivity contribution is 0.0950. The number of rotatable bonds is 8. The molecule has 0 aliphatic carbocycles. The van der Waals surface area contributed by atoms with Gasteiger partial charge in [0.2, 0.25) is 10.0 Å². The van der Waals surface area contributed by atoms with Gasteiger partial charge in [0, 0.05) is 18.7 Å². The quantitative estimate of drug-likeness (QED) is 0.706. The number of methoxy groups -OCH3 is 1. The predicted octanol–water partition coefficient (Wildman–Crippen LogP) is 2.09. The summed E-state index contributed by atoms with van der Waals surface area (Å²) in [6, 6.07) is 13.2. The Bertz CT molecular complexity index is 863. The van der Waals surface area contributed by atoms with Crippen LogP contribution in [0.5, 0.6) is 5.75 Å². The molecule has 6 nitrogen and oxygen atoms in total. The zero-order chi connectivity index (χ0) is 18.3. The molecule has 2 aromatic carbocycles. The van der Waals surface area contributed by atoms with Crippen LogP contribution < -0.4 is 14.8 Å². The molecule has 0 aliphatic heterocycles. The van der Waals surface area contributed by atoms with Crippen LogP contribution in [0, 0.1) is 0 Å². The van der Waals surface area contributed by atoms with Crippen molar-refractivity contribution in [2.45, 2.75) is 11.4 Å². The van der Waals surface area contributed by atoms with Crippen LogP contribution in [0.3, 0.4) is 0 Å². The van der Waals surface area contributed by atoms with E-state index in [-0.39, 0.29) is 22.9 Å². The molecule has 7 heteroatoms. The molecule has 0 bridgehead atoms. The van der Waals surface area contributed by atoms with Gasteiger partial charge in [0.25, 0.3) is 5.91 Å². The zero-order valence-electron chi connectivity index (χ0n) is 13.9. The normalized spacial score (nSPS) is 10.9. The van der Waals surface area contributed by atoms with Gasteiger partial charge >= 0.3 is 0 Å². The number of hydrogen-bond donors (Lipinski definition) is 2. The van der Waals surface area contributed by atoms with Crippen LogP contribution in [0.1, 0.15) is 15.9 Å². The van der Waals surface area contributed by atoms with Crippen LogP contribution in [0.25, 0.3) is 0 Å². The summed E-state index contributed by atoms with van der Waals surface area (Å²) in [4.78, 5) is 12.3. The molecule has 0 saturated heterocycles. The molecular weight excluding hydrogens is 340 g/mol. The molecule has 2 N–H and O–H groups in total. The van der Waals surface area contributed by atoms with Crippen LogP contribution in [0.4, 0.5) is 0 Å². The van der Waals surface area contributed by atoms with E-state index in [4.69, 9.17) is 4.74 Å². The Kier molecular flexibility index (Phi) is 6.32. The lowest BCUT2D eigenvalue weighted by atomic mass is 10.2. The van der Waals surface area contributed by atoms with E-state index in [0.29, 0.717) is 12.3 Å². The summed E-state index contributed by atoms with van der Waals surface area (Å²) in [5.74, 6) is 0.344. The lowest BCUT2D eigenvalue weighted by Gasteiger charge is -2.09. The maximum absolute atomic E-state index is 12.3. The van der Waals surface area contributed by atoms with Crippen molar-refractivity contribution in [3.05, 3.63) is 72.3 Å².